The number of Topliss-reactive ketones (excluding diaryl/α,β-unsaturated/α-hetero) is 1. The molecule has 0 heterocycles. The van der Waals surface area contributed by atoms with Crippen LogP contribution in [0, 0.1) is 0 Å². The summed E-state index contributed by atoms with van der Waals surface area (Å²) in [5, 5.41) is 3.37. The monoisotopic (exact) mass is 247 g/mol. The van der Waals surface area contributed by atoms with E-state index in [-0.39, 0.29) is 0 Å². The molecule has 0 aliphatic rings. The van der Waals surface area contributed by atoms with Crippen LogP contribution in [0.3, 0.4) is 0 Å². The maximum Gasteiger partial charge on any atom is 0.133 e. The molecule has 1 rings (SSSR count). The predicted octanol–water partition coefficient (Wildman–Crippen LogP) is 3.36. The minimum absolute atomic E-state index is 0.392. The fourth-order valence-corrected chi connectivity index (χ4v) is 1.89. The van der Waals surface area contributed by atoms with Crippen LogP contribution in [0.5, 0.6) is 0 Å². The highest BCUT2D eigenvalue weighted by Gasteiger charge is 2.02. The molecule has 2 nitrogen and oxygen atoms in total. The molecule has 1 aromatic carbocycles. The molecule has 0 spiro atoms. The number of benzene rings is 1. The first-order valence-electron chi connectivity index (χ1n) is 6.97. The molecule has 0 saturated heterocycles. The summed E-state index contributed by atoms with van der Waals surface area (Å²) in [6, 6.07) is 10.8. The number of hydrogen-bond acceptors (Lipinski definition) is 2. The van der Waals surface area contributed by atoms with Crippen molar-refractivity contribution in [2.24, 2.45) is 0 Å². The van der Waals surface area contributed by atoms with Crippen LogP contribution in [-0.2, 0) is 11.2 Å². The average Bonchev–Trinajstić information content (AvgIpc) is 2.37. The third-order valence-electron chi connectivity index (χ3n) is 2.97. The van der Waals surface area contributed by atoms with Crippen LogP contribution in [0.4, 0.5) is 0 Å². The Labute approximate surface area is 111 Å². The molecule has 1 N–H and O–H groups in total. The van der Waals surface area contributed by atoms with Crippen molar-refractivity contribution in [2.75, 3.05) is 6.54 Å². The summed E-state index contributed by atoms with van der Waals surface area (Å²) in [6.07, 6.45) is 4.39. The van der Waals surface area contributed by atoms with E-state index in [4.69, 9.17) is 0 Å². The standard InChI is InChI=1S/C16H25NO/c1-14(2)17-13-7-6-10-16(18)12-11-15-8-4-3-5-9-15/h3-5,8-9,14,17H,6-7,10-13H2,1-2H3. The number of ketones is 1. The minimum Gasteiger partial charge on any atom is -0.315 e. The average molecular weight is 247 g/mol. The second-order valence-electron chi connectivity index (χ2n) is 5.09. The fraction of sp³-hybridized carbons (Fsp3) is 0.562. The van der Waals surface area contributed by atoms with Crippen LogP contribution < -0.4 is 5.32 Å². The topological polar surface area (TPSA) is 29.1 Å². The molecule has 0 saturated carbocycles. The van der Waals surface area contributed by atoms with Gasteiger partial charge < -0.3 is 5.32 Å². The van der Waals surface area contributed by atoms with Gasteiger partial charge in [-0.15, -0.1) is 0 Å². The van der Waals surface area contributed by atoms with Crippen LogP contribution >= 0.6 is 0 Å². The lowest BCUT2D eigenvalue weighted by Gasteiger charge is -2.07. The van der Waals surface area contributed by atoms with Gasteiger partial charge in [0.1, 0.15) is 5.78 Å². The minimum atomic E-state index is 0.392. The Hall–Kier alpha value is -1.15. The van der Waals surface area contributed by atoms with Gasteiger partial charge in [0.05, 0.1) is 0 Å². The number of hydrogen-bond donors (Lipinski definition) is 1. The summed E-state index contributed by atoms with van der Waals surface area (Å²) in [4.78, 5) is 11.7. The molecule has 0 bridgehead atoms. The van der Waals surface area contributed by atoms with Crippen LogP contribution in [0.25, 0.3) is 0 Å². The predicted molar refractivity (Wildman–Crippen MR) is 76.8 cm³/mol. The zero-order chi connectivity index (χ0) is 13.2. The molecule has 0 aromatic heterocycles. The van der Waals surface area contributed by atoms with Gasteiger partial charge in [-0.1, -0.05) is 44.2 Å². The van der Waals surface area contributed by atoms with Crippen LogP contribution in [0.15, 0.2) is 30.3 Å². The lowest BCUT2D eigenvalue weighted by molar-refractivity contribution is -0.119. The van der Waals surface area contributed by atoms with E-state index in [1.54, 1.807) is 0 Å². The summed E-state index contributed by atoms with van der Waals surface area (Å²) in [5.74, 6) is 0.392. The normalized spacial score (nSPS) is 10.8. The molecule has 0 aliphatic carbocycles. The Morgan fingerprint density at radius 3 is 2.50 bits per heavy atom. The van der Waals surface area contributed by atoms with Gasteiger partial charge in [-0.3, -0.25) is 4.79 Å². The van der Waals surface area contributed by atoms with Crippen molar-refractivity contribution in [1.82, 2.24) is 5.32 Å². The highest BCUT2D eigenvalue weighted by molar-refractivity contribution is 5.78. The quantitative estimate of drug-likeness (QED) is 0.678. The van der Waals surface area contributed by atoms with E-state index in [1.165, 1.54) is 5.56 Å². The lowest BCUT2D eigenvalue weighted by Crippen LogP contribution is -2.23. The second-order valence-corrected chi connectivity index (χ2v) is 5.09. The molecular weight excluding hydrogens is 222 g/mol. The van der Waals surface area contributed by atoms with Gasteiger partial charge in [0.15, 0.2) is 0 Å². The number of carbonyl (C=O) groups is 1. The Morgan fingerprint density at radius 1 is 1.11 bits per heavy atom. The van der Waals surface area contributed by atoms with Crippen molar-refractivity contribution in [3.05, 3.63) is 35.9 Å². The first-order valence-corrected chi connectivity index (χ1v) is 6.97. The van der Waals surface area contributed by atoms with Gasteiger partial charge in [0, 0.05) is 18.9 Å². The summed E-state index contributed by atoms with van der Waals surface area (Å²) in [7, 11) is 0. The van der Waals surface area contributed by atoms with Crippen molar-refractivity contribution in [3.8, 4) is 0 Å². The van der Waals surface area contributed by atoms with Gasteiger partial charge in [0.25, 0.3) is 0 Å². The van der Waals surface area contributed by atoms with E-state index in [2.05, 4.69) is 31.3 Å². The van der Waals surface area contributed by atoms with E-state index in [9.17, 15) is 4.79 Å². The molecule has 1 aromatic rings. The third-order valence-corrected chi connectivity index (χ3v) is 2.97. The lowest BCUT2D eigenvalue weighted by atomic mass is 10.0. The molecule has 0 fully saturated rings. The molecule has 0 amide bonds. The Morgan fingerprint density at radius 2 is 1.83 bits per heavy atom. The van der Waals surface area contributed by atoms with Gasteiger partial charge in [-0.25, -0.2) is 0 Å². The van der Waals surface area contributed by atoms with E-state index < -0.39 is 0 Å². The van der Waals surface area contributed by atoms with E-state index in [0.29, 0.717) is 18.2 Å². The van der Waals surface area contributed by atoms with Crippen molar-refractivity contribution in [2.45, 2.75) is 52.0 Å². The number of unbranched alkanes of at least 4 members (excludes halogenated alkanes) is 1. The van der Waals surface area contributed by atoms with Crippen LogP contribution in [0.2, 0.25) is 0 Å². The molecule has 0 aliphatic heterocycles. The number of rotatable bonds is 9. The largest absolute Gasteiger partial charge is 0.315 e. The van der Waals surface area contributed by atoms with E-state index in [0.717, 1.165) is 32.2 Å². The summed E-state index contributed by atoms with van der Waals surface area (Å²) in [6.45, 7) is 5.31. The summed E-state index contributed by atoms with van der Waals surface area (Å²) < 4.78 is 0. The van der Waals surface area contributed by atoms with Crippen LogP contribution in [-0.4, -0.2) is 18.4 Å². The molecular formula is C16H25NO. The molecule has 0 radical (unpaired) electrons. The molecule has 0 atom stereocenters. The summed E-state index contributed by atoms with van der Waals surface area (Å²) in [5.41, 5.74) is 1.26. The van der Waals surface area contributed by atoms with E-state index >= 15 is 0 Å². The maximum absolute atomic E-state index is 11.7. The number of nitrogens with one attached hydrogen (secondary N) is 1. The van der Waals surface area contributed by atoms with Gasteiger partial charge in [-0.05, 0) is 31.4 Å². The number of aryl methyl sites for hydroxylation is 1. The van der Waals surface area contributed by atoms with Gasteiger partial charge >= 0.3 is 0 Å². The third kappa shape index (κ3) is 7.23. The van der Waals surface area contributed by atoms with Crippen LogP contribution in [0.1, 0.15) is 45.1 Å². The Bertz CT molecular complexity index is 332. The maximum atomic E-state index is 11.7. The van der Waals surface area contributed by atoms with E-state index in [1.807, 2.05) is 18.2 Å². The summed E-state index contributed by atoms with van der Waals surface area (Å²) >= 11 is 0. The van der Waals surface area contributed by atoms with Crippen molar-refractivity contribution >= 4 is 5.78 Å². The zero-order valence-corrected chi connectivity index (χ0v) is 11.6. The van der Waals surface area contributed by atoms with Crippen molar-refractivity contribution < 1.29 is 4.79 Å². The second kappa shape index (κ2) is 8.87. The number of carbonyl (C=O) groups excluding carboxylic acids is 1. The highest BCUT2D eigenvalue weighted by Crippen LogP contribution is 2.06. The first-order chi connectivity index (χ1) is 8.68. The highest BCUT2D eigenvalue weighted by atomic mass is 16.1. The molecule has 2 heteroatoms. The molecule has 100 valence electrons. The first kappa shape index (κ1) is 14.9. The molecule has 18 heavy (non-hydrogen) atoms. The van der Waals surface area contributed by atoms with Crippen molar-refractivity contribution in [3.63, 3.8) is 0 Å². The smallest absolute Gasteiger partial charge is 0.133 e. The van der Waals surface area contributed by atoms with Gasteiger partial charge in [0.2, 0.25) is 0 Å². The Balaban J connectivity index is 2.04. The zero-order valence-electron chi connectivity index (χ0n) is 11.6. The Kier molecular flexibility index (Phi) is 7.35. The van der Waals surface area contributed by atoms with Gasteiger partial charge in [-0.2, -0.15) is 0 Å². The SMILES string of the molecule is CC(C)NCCCCC(=O)CCc1ccccc1. The molecule has 0 unspecified atom stereocenters. The van der Waals surface area contributed by atoms with Crippen molar-refractivity contribution in [1.29, 1.82) is 0 Å². The fourth-order valence-electron chi connectivity index (χ4n) is 1.89.